The minimum atomic E-state index is 0.525. The number of aromatic nitrogens is 1. The van der Waals surface area contributed by atoms with E-state index in [0.29, 0.717) is 18.7 Å². The summed E-state index contributed by atoms with van der Waals surface area (Å²) in [5.41, 5.74) is 0. The molecule has 1 atom stereocenters. The molecule has 1 saturated heterocycles. The third-order valence-corrected chi connectivity index (χ3v) is 3.46. The van der Waals surface area contributed by atoms with Crippen LogP contribution in [0.2, 0.25) is 0 Å². The fraction of sp³-hybridized carbons (Fsp3) is 0.667. The van der Waals surface area contributed by atoms with Crippen LogP contribution in [0.15, 0.2) is 18.3 Å². The van der Waals surface area contributed by atoms with E-state index in [0.717, 1.165) is 24.7 Å². The number of pyridine rings is 1. The molecule has 1 aliphatic rings. The number of ether oxygens (including phenoxy) is 1. The zero-order valence-electron chi connectivity index (χ0n) is 12.2. The molecule has 1 fully saturated rings. The van der Waals surface area contributed by atoms with Crippen LogP contribution in [0, 0.1) is 0 Å². The van der Waals surface area contributed by atoms with Gasteiger partial charge >= 0.3 is 0 Å². The Morgan fingerprint density at radius 3 is 3.11 bits per heavy atom. The minimum Gasteiger partial charge on any atom is -0.490 e. The molecule has 0 radical (unpaired) electrons. The second-order valence-electron chi connectivity index (χ2n) is 5.31. The van der Waals surface area contributed by atoms with Crippen molar-refractivity contribution in [1.29, 1.82) is 0 Å². The molecule has 106 valence electrons. The Kier molecular flexibility index (Phi) is 5.02. The summed E-state index contributed by atoms with van der Waals surface area (Å²) in [6, 6.07) is 5.00. The van der Waals surface area contributed by atoms with Crippen molar-refractivity contribution in [1.82, 2.24) is 10.3 Å². The largest absolute Gasteiger partial charge is 0.490 e. The zero-order valence-corrected chi connectivity index (χ0v) is 12.2. The van der Waals surface area contributed by atoms with Crippen molar-refractivity contribution in [2.45, 2.75) is 45.7 Å². The molecule has 0 aromatic carbocycles. The molecule has 2 rings (SSSR count). The van der Waals surface area contributed by atoms with Gasteiger partial charge in [-0.25, -0.2) is 4.98 Å². The van der Waals surface area contributed by atoms with E-state index in [1.165, 1.54) is 12.8 Å². The first-order chi connectivity index (χ1) is 9.22. The highest BCUT2D eigenvalue weighted by Gasteiger charge is 2.27. The average Bonchev–Trinajstić information content (AvgIpc) is 2.85. The highest BCUT2D eigenvalue weighted by molar-refractivity contribution is 5.53. The molecule has 0 aliphatic carbocycles. The smallest absolute Gasteiger partial charge is 0.171 e. The Labute approximate surface area is 116 Å². The third kappa shape index (κ3) is 3.60. The molecule has 1 aromatic heterocycles. The maximum atomic E-state index is 5.70. The van der Waals surface area contributed by atoms with Crippen molar-refractivity contribution in [2.75, 3.05) is 24.6 Å². The van der Waals surface area contributed by atoms with E-state index in [1.54, 1.807) is 0 Å². The van der Waals surface area contributed by atoms with Gasteiger partial charge in [0.15, 0.2) is 11.6 Å². The topological polar surface area (TPSA) is 37.4 Å². The molecule has 1 N–H and O–H groups in total. The SMILES string of the molecule is CCOc1cccnc1N1CCCC1CNC(C)C. The first-order valence-corrected chi connectivity index (χ1v) is 7.30. The van der Waals surface area contributed by atoms with Crippen LogP contribution >= 0.6 is 0 Å². The second-order valence-corrected chi connectivity index (χ2v) is 5.31. The highest BCUT2D eigenvalue weighted by Crippen LogP contribution is 2.31. The molecule has 19 heavy (non-hydrogen) atoms. The van der Waals surface area contributed by atoms with Gasteiger partial charge in [-0.3, -0.25) is 0 Å². The van der Waals surface area contributed by atoms with Crippen LogP contribution in [0.1, 0.15) is 33.6 Å². The van der Waals surface area contributed by atoms with E-state index in [4.69, 9.17) is 4.74 Å². The quantitative estimate of drug-likeness (QED) is 0.855. The van der Waals surface area contributed by atoms with Crippen LogP contribution in [-0.4, -0.2) is 36.8 Å². The molecular weight excluding hydrogens is 238 g/mol. The summed E-state index contributed by atoms with van der Waals surface area (Å²) in [7, 11) is 0. The molecule has 1 aromatic rings. The number of nitrogens with one attached hydrogen (secondary N) is 1. The molecule has 4 nitrogen and oxygen atoms in total. The number of rotatable bonds is 6. The van der Waals surface area contributed by atoms with Gasteiger partial charge in [0.05, 0.1) is 6.61 Å². The predicted octanol–water partition coefficient (Wildman–Crippen LogP) is 2.45. The summed E-state index contributed by atoms with van der Waals surface area (Å²) in [5.74, 6) is 1.90. The van der Waals surface area contributed by atoms with Gasteiger partial charge in [-0.1, -0.05) is 13.8 Å². The normalized spacial score (nSPS) is 19.2. The van der Waals surface area contributed by atoms with E-state index in [9.17, 15) is 0 Å². The number of hydrogen-bond donors (Lipinski definition) is 1. The van der Waals surface area contributed by atoms with Gasteiger partial charge in [0.1, 0.15) is 0 Å². The first-order valence-electron chi connectivity index (χ1n) is 7.30. The van der Waals surface area contributed by atoms with Crippen molar-refractivity contribution in [3.8, 4) is 5.75 Å². The molecule has 1 aliphatic heterocycles. The fourth-order valence-electron chi connectivity index (χ4n) is 2.56. The lowest BCUT2D eigenvalue weighted by Crippen LogP contribution is -2.40. The lowest BCUT2D eigenvalue weighted by atomic mass is 10.2. The molecular formula is C15H25N3O. The predicted molar refractivity (Wildman–Crippen MR) is 78.9 cm³/mol. The van der Waals surface area contributed by atoms with Crippen molar-refractivity contribution >= 4 is 5.82 Å². The molecule has 0 amide bonds. The molecule has 1 unspecified atom stereocenters. The highest BCUT2D eigenvalue weighted by atomic mass is 16.5. The summed E-state index contributed by atoms with van der Waals surface area (Å²) in [6.45, 7) is 9.15. The molecule has 0 bridgehead atoms. The molecule has 4 heteroatoms. The summed E-state index contributed by atoms with van der Waals surface area (Å²) < 4.78 is 5.70. The van der Waals surface area contributed by atoms with Gasteiger partial charge in [-0.05, 0) is 31.9 Å². The Hall–Kier alpha value is -1.29. The van der Waals surface area contributed by atoms with Crippen molar-refractivity contribution < 1.29 is 4.74 Å². The second kappa shape index (κ2) is 6.75. The maximum absolute atomic E-state index is 5.70. The standard InChI is InChI=1S/C15H25N3O/c1-4-19-14-8-5-9-16-15(14)18-10-6-7-13(18)11-17-12(2)3/h5,8-9,12-13,17H,4,6-7,10-11H2,1-3H3. The fourth-order valence-corrected chi connectivity index (χ4v) is 2.56. The van der Waals surface area contributed by atoms with E-state index >= 15 is 0 Å². The summed E-state index contributed by atoms with van der Waals surface area (Å²) in [4.78, 5) is 6.92. The Balaban J connectivity index is 2.10. The van der Waals surface area contributed by atoms with Gasteiger partial charge in [-0.2, -0.15) is 0 Å². The van der Waals surface area contributed by atoms with Gasteiger partial charge < -0.3 is 15.0 Å². The molecule has 0 spiro atoms. The number of anilines is 1. The van der Waals surface area contributed by atoms with Gasteiger partial charge in [0.25, 0.3) is 0 Å². The van der Waals surface area contributed by atoms with Crippen LogP contribution < -0.4 is 15.0 Å². The van der Waals surface area contributed by atoms with Crippen molar-refractivity contribution in [3.63, 3.8) is 0 Å². The van der Waals surface area contributed by atoms with Crippen LogP contribution in [0.25, 0.3) is 0 Å². The summed E-state index contributed by atoms with van der Waals surface area (Å²) in [6.07, 6.45) is 4.30. The van der Waals surface area contributed by atoms with Gasteiger partial charge in [0, 0.05) is 31.4 Å². The van der Waals surface area contributed by atoms with Crippen LogP contribution in [0.5, 0.6) is 5.75 Å². The van der Waals surface area contributed by atoms with E-state index in [-0.39, 0.29) is 0 Å². The zero-order chi connectivity index (χ0) is 13.7. The maximum Gasteiger partial charge on any atom is 0.171 e. The molecule has 0 saturated carbocycles. The number of hydrogen-bond acceptors (Lipinski definition) is 4. The van der Waals surface area contributed by atoms with Crippen LogP contribution in [0.4, 0.5) is 5.82 Å². The summed E-state index contributed by atoms with van der Waals surface area (Å²) >= 11 is 0. The minimum absolute atomic E-state index is 0.525. The van der Waals surface area contributed by atoms with Crippen LogP contribution in [-0.2, 0) is 0 Å². The van der Waals surface area contributed by atoms with Gasteiger partial charge in [-0.15, -0.1) is 0 Å². The lowest BCUT2D eigenvalue weighted by Gasteiger charge is -2.28. The molecule has 2 heterocycles. The van der Waals surface area contributed by atoms with Crippen LogP contribution in [0.3, 0.4) is 0 Å². The van der Waals surface area contributed by atoms with E-state index in [2.05, 4.69) is 29.0 Å². The number of nitrogens with zero attached hydrogens (tertiary/aromatic N) is 2. The lowest BCUT2D eigenvalue weighted by molar-refractivity contribution is 0.338. The summed E-state index contributed by atoms with van der Waals surface area (Å²) in [5, 5.41) is 3.53. The van der Waals surface area contributed by atoms with Crippen molar-refractivity contribution in [2.24, 2.45) is 0 Å². The average molecular weight is 263 g/mol. The Morgan fingerprint density at radius 1 is 1.53 bits per heavy atom. The van der Waals surface area contributed by atoms with E-state index in [1.807, 2.05) is 25.3 Å². The van der Waals surface area contributed by atoms with Gasteiger partial charge in [0.2, 0.25) is 0 Å². The monoisotopic (exact) mass is 263 g/mol. The third-order valence-electron chi connectivity index (χ3n) is 3.46. The first kappa shape index (κ1) is 14.1. The van der Waals surface area contributed by atoms with E-state index < -0.39 is 0 Å². The Morgan fingerprint density at radius 2 is 2.37 bits per heavy atom. The Bertz CT molecular complexity index is 395. The van der Waals surface area contributed by atoms with Crippen molar-refractivity contribution in [3.05, 3.63) is 18.3 Å².